The molecule has 2 aromatic carbocycles. The van der Waals surface area contributed by atoms with Gasteiger partial charge in [-0.05, 0) is 61.6 Å². The molecule has 3 aliphatic rings. The predicted molar refractivity (Wildman–Crippen MR) is 128 cm³/mol. The van der Waals surface area contributed by atoms with Crippen LogP contribution in [0.2, 0.25) is 0 Å². The van der Waals surface area contributed by atoms with Gasteiger partial charge in [0.2, 0.25) is 5.91 Å². The minimum absolute atomic E-state index is 0.0120. The maximum Gasteiger partial charge on any atom is 0.243 e. The number of hydrazine groups is 1. The second-order valence-electron chi connectivity index (χ2n) is 9.96. The highest BCUT2D eigenvalue weighted by Gasteiger charge is 2.44. The summed E-state index contributed by atoms with van der Waals surface area (Å²) >= 11 is 0. The number of carbonyl (C=O) groups is 1. The Morgan fingerprint density at radius 2 is 1.79 bits per heavy atom. The third kappa shape index (κ3) is 5.00. The maximum absolute atomic E-state index is 14.4. The van der Waals surface area contributed by atoms with Crippen LogP contribution in [0.4, 0.5) is 14.5 Å². The Labute approximate surface area is 199 Å². The number of carbonyl (C=O) groups excluding carboxylic acids is 1. The summed E-state index contributed by atoms with van der Waals surface area (Å²) in [5.74, 6) is -1.76. The number of piperazine rings is 1. The molecular formula is C26H33F2N5O. The van der Waals surface area contributed by atoms with Crippen LogP contribution in [-0.2, 0) is 11.3 Å². The lowest BCUT2D eigenvalue weighted by Gasteiger charge is -2.33. The molecule has 8 heteroatoms. The standard InChI is InChI=1S/C26H33F2N5O/c1-32-11-13-33(14-12-32)16-17-5-8-19(9-6-17)29-26(34)25-21-15-18(7-10-23(21)30-31-25)20-3-2-4-22(27)24(20)28/h2-6,8-9,18,21,23,25,30-31H,7,10-16H2,1H3,(H,29,34). The van der Waals surface area contributed by atoms with Gasteiger partial charge in [-0.1, -0.05) is 24.3 Å². The molecule has 4 unspecified atom stereocenters. The average molecular weight is 470 g/mol. The Hall–Kier alpha value is -2.39. The summed E-state index contributed by atoms with van der Waals surface area (Å²) < 4.78 is 28.1. The molecule has 3 fully saturated rings. The van der Waals surface area contributed by atoms with Crippen LogP contribution in [0, 0.1) is 17.6 Å². The average Bonchev–Trinajstić information content (AvgIpc) is 3.27. The van der Waals surface area contributed by atoms with E-state index >= 15 is 0 Å². The molecule has 3 N–H and O–H groups in total. The van der Waals surface area contributed by atoms with E-state index in [1.165, 1.54) is 5.56 Å². The van der Waals surface area contributed by atoms with Gasteiger partial charge in [-0.3, -0.25) is 15.1 Å². The van der Waals surface area contributed by atoms with Crippen LogP contribution >= 0.6 is 0 Å². The fourth-order valence-corrected chi connectivity index (χ4v) is 5.61. The van der Waals surface area contributed by atoms with E-state index in [-0.39, 0.29) is 23.8 Å². The van der Waals surface area contributed by atoms with Crippen molar-refractivity contribution in [1.82, 2.24) is 20.7 Å². The smallest absolute Gasteiger partial charge is 0.243 e. The quantitative estimate of drug-likeness (QED) is 0.629. The number of hydrogen-bond acceptors (Lipinski definition) is 5. The molecule has 2 saturated heterocycles. The summed E-state index contributed by atoms with van der Waals surface area (Å²) in [6.07, 6.45) is 2.20. The monoisotopic (exact) mass is 469 g/mol. The topological polar surface area (TPSA) is 59.6 Å². The summed E-state index contributed by atoms with van der Waals surface area (Å²) in [7, 11) is 2.15. The van der Waals surface area contributed by atoms with Gasteiger partial charge in [-0.2, -0.15) is 0 Å². The Morgan fingerprint density at radius 3 is 2.56 bits per heavy atom. The van der Waals surface area contributed by atoms with Crippen molar-refractivity contribution in [2.45, 2.75) is 43.8 Å². The Bertz CT molecular complexity index is 1010. The van der Waals surface area contributed by atoms with E-state index in [9.17, 15) is 13.6 Å². The molecule has 5 rings (SSSR count). The number of benzene rings is 2. The van der Waals surface area contributed by atoms with E-state index in [2.05, 4.69) is 45.1 Å². The molecule has 2 aromatic rings. The highest BCUT2D eigenvalue weighted by Crippen LogP contribution is 2.40. The number of hydrogen-bond donors (Lipinski definition) is 3. The van der Waals surface area contributed by atoms with Crippen LogP contribution < -0.4 is 16.2 Å². The molecule has 1 saturated carbocycles. The lowest BCUT2D eigenvalue weighted by Crippen LogP contribution is -2.43. The lowest BCUT2D eigenvalue weighted by atomic mass is 9.73. The molecule has 1 aliphatic carbocycles. The summed E-state index contributed by atoms with van der Waals surface area (Å²) in [5, 5.41) is 3.03. The summed E-state index contributed by atoms with van der Waals surface area (Å²) in [6, 6.07) is 12.1. The van der Waals surface area contributed by atoms with Gasteiger partial charge in [0.05, 0.1) is 0 Å². The van der Waals surface area contributed by atoms with Gasteiger partial charge in [0.25, 0.3) is 0 Å². The van der Waals surface area contributed by atoms with E-state index < -0.39 is 17.7 Å². The summed E-state index contributed by atoms with van der Waals surface area (Å²) in [6.45, 7) is 5.23. The van der Waals surface area contributed by atoms with Crippen LogP contribution in [0.3, 0.4) is 0 Å². The zero-order chi connectivity index (χ0) is 23.7. The van der Waals surface area contributed by atoms with Crippen molar-refractivity contribution in [3.05, 3.63) is 65.2 Å². The van der Waals surface area contributed by atoms with Crippen molar-refractivity contribution in [2.24, 2.45) is 5.92 Å². The molecule has 0 bridgehead atoms. The van der Waals surface area contributed by atoms with Gasteiger partial charge in [-0.15, -0.1) is 0 Å². The third-order valence-electron chi connectivity index (χ3n) is 7.68. The van der Waals surface area contributed by atoms with E-state index in [0.717, 1.165) is 57.3 Å². The molecular weight excluding hydrogens is 436 g/mol. The number of fused-ring (bicyclic) bond motifs is 1. The van der Waals surface area contributed by atoms with Gasteiger partial charge in [0.1, 0.15) is 6.04 Å². The van der Waals surface area contributed by atoms with Gasteiger partial charge < -0.3 is 10.2 Å². The fourth-order valence-electron chi connectivity index (χ4n) is 5.61. The van der Waals surface area contributed by atoms with Crippen LogP contribution in [-0.4, -0.2) is 61.0 Å². The van der Waals surface area contributed by atoms with Gasteiger partial charge in [0.15, 0.2) is 11.6 Å². The first-order valence-corrected chi connectivity index (χ1v) is 12.2. The lowest BCUT2D eigenvalue weighted by molar-refractivity contribution is -0.119. The van der Waals surface area contributed by atoms with Crippen LogP contribution in [0.5, 0.6) is 0 Å². The molecule has 6 nitrogen and oxygen atoms in total. The molecule has 2 aliphatic heterocycles. The molecule has 4 atom stereocenters. The molecule has 0 spiro atoms. The van der Waals surface area contributed by atoms with E-state index in [1.54, 1.807) is 12.1 Å². The highest BCUT2D eigenvalue weighted by molar-refractivity contribution is 5.95. The zero-order valence-corrected chi connectivity index (χ0v) is 19.6. The second kappa shape index (κ2) is 10.1. The molecule has 0 radical (unpaired) electrons. The Balaban J connectivity index is 1.19. The minimum atomic E-state index is -0.812. The normalized spacial score (nSPS) is 28.0. The summed E-state index contributed by atoms with van der Waals surface area (Å²) in [5.41, 5.74) is 8.80. The van der Waals surface area contributed by atoms with E-state index in [1.807, 2.05) is 12.1 Å². The van der Waals surface area contributed by atoms with Gasteiger partial charge >= 0.3 is 0 Å². The summed E-state index contributed by atoms with van der Waals surface area (Å²) in [4.78, 5) is 17.9. The van der Waals surface area contributed by atoms with Crippen molar-refractivity contribution in [3.63, 3.8) is 0 Å². The van der Waals surface area contributed by atoms with E-state index in [0.29, 0.717) is 12.0 Å². The SMILES string of the molecule is CN1CCN(Cc2ccc(NC(=O)C3NNC4CCC(c5cccc(F)c5F)CC43)cc2)CC1. The van der Waals surface area contributed by atoms with Crippen molar-refractivity contribution < 1.29 is 13.6 Å². The predicted octanol–water partition coefficient (Wildman–Crippen LogP) is 3.08. The number of amides is 1. The van der Waals surface area contributed by atoms with Crippen molar-refractivity contribution in [2.75, 3.05) is 38.5 Å². The number of nitrogens with zero attached hydrogens (tertiary/aromatic N) is 2. The first-order valence-electron chi connectivity index (χ1n) is 12.2. The maximum atomic E-state index is 14.4. The number of rotatable bonds is 5. The minimum Gasteiger partial charge on any atom is -0.325 e. The van der Waals surface area contributed by atoms with Crippen molar-refractivity contribution in [1.29, 1.82) is 0 Å². The molecule has 182 valence electrons. The zero-order valence-electron chi connectivity index (χ0n) is 19.6. The van der Waals surface area contributed by atoms with Crippen molar-refractivity contribution >= 4 is 11.6 Å². The third-order valence-corrected chi connectivity index (χ3v) is 7.68. The Kier molecular flexibility index (Phi) is 6.92. The second-order valence-corrected chi connectivity index (χ2v) is 9.96. The van der Waals surface area contributed by atoms with Gasteiger partial charge in [-0.25, -0.2) is 14.2 Å². The number of halogens is 2. The number of nitrogens with one attached hydrogen (secondary N) is 3. The van der Waals surface area contributed by atoms with Gasteiger partial charge in [0, 0.05) is 50.4 Å². The van der Waals surface area contributed by atoms with E-state index in [4.69, 9.17) is 0 Å². The van der Waals surface area contributed by atoms with Crippen LogP contribution in [0.25, 0.3) is 0 Å². The van der Waals surface area contributed by atoms with Crippen LogP contribution in [0.1, 0.15) is 36.3 Å². The fraction of sp³-hybridized carbons (Fsp3) is 0.500. The molecule has 1 amide bonds. The molecule has 34 heavy (non-hydrogen) atoms. The molecule has 0 aromatic heterocycles. The Morgan fingerprint density at radius 1 is 1.03 bits per heavy atom. The van der Waals surface area contributed by atoms with Crippen molar-refractivity contribution in [3.8, 4) is 0 Å². The largest absolute Gasteiger partial charge is 0.325 e. The number of likely N-dealkylation sites (N-methyl/N-ethyl adjacent to an activating group) is 1. The number of anilines is 1. The molecule has 2 heterocycles. The van der Waals surface area contributed by atoms with Crippen LogP contribution in [0.15, 0.2) is 42.5 Å². The first kappa shape index (κ1) is 23.4. The highest BCUT2D eigenvalue weighted by atomic mass is 19.2. The first-order chi connectivity index (χ1) is 16.5.